The highest BCUT2D eigenvalue weighted by Crippen LogP contribution is 2.28. The predicted molar refractivity (Wildman–Crippen MR) is 91.6 cm³/mol. The van der Waals surface area contributed by atoms with Gasteiger partial charge in [0.2, 0.25) is 0 Å². The molecule has 1 atom stereocenters. The second kappa shape index (κ2) is 9.82. The van der Waals surface area contributed by atoms with Crippen LogP contribution in [0, 0.1) is 11.3 Å². The van der Waals surface area contributed by atoms with E-state index >= 15 is 0 Å². The van der Waals surface area contributed by atoms with Crippen molar-refractivity contribution in [2.45, 2.75) is 73.4 Å². The molecule has 5 nitrogen and oxygen atoms in total. The average molecular weight is 313 g/mol. The lowest BCUT2D eigenvalue weighted by atomic mass is 9.80. The van der Waals surface area contributed by atoms with Gasteiger partial charge in [0.1, 0.15) is 0 Å². The van der Waals surface area contributed by atoms with Gasteiger partial charge in [-0.3, -0.25) is 9.59 Å². The number of rotatable bonds is 9. The van der Waals surface area contributed by atoms with Gasteiger partial charge >= 0.3 is 11.8 Å². The van der Waals surface area contributed by atoms with Gasteiger partial charge in [-0.15, -0.1) is 0 Å². The zero-order valence-corrected chi connectivity index (χ0v) is 15.4. The molecule has 0 aromatic carbocycles. The normalized spacial score (nSPS) is 13.3. The largest absolute Gasteiger partial charge is 0.348 e. The van der Waals surface area contributed by atoms with Crippen LogP contribution in [0.4, 0.5) is 0 Å². The molecule has 0 heterocycles. The van der Waals surface area contributed by atoms with E-state index in [1.807, 2.05) is 13.8 Å². The second-order valence-electron chi connectivity index (χ2n) is 7.67. The van der Waals surface area contributed by atoms with Crippen LogP contribution in [-0.2, 0) is 9.59 Å². The molecule has 0 radical (unpaired) electrons. The highest BCUT2D eigenvalue weighted by atomic mass is 16.2. The van der Waals surface area contributed by atoms with Gasteiger partial charge in [0.25, 0.3) is 0 Å². The third-order valence-electron chi connectivity index (χ3n) is 3.49. The van der Waals surface area contributed by atoms with Crippen molar-refractivity contribution in [1.82, 2.24) is 16.0 Å². The van der Waals surface area contributed by atoms with E-state index in [1.54, 1.807) is 0 Å². The van der Waals surface area contributed by atoms with Crippen LogP contribution < -0.4 is 16.0 Å². The Morgan fingerprint density at radius 1 is 0.955 bits per heavy atom. The molecule has 5 heteroatoms. The lowest BCUT2D eigenvalue weighted by Crippen LogP contribution is -2.43. The number of carbonyl (C=O) groups is 2. The van der Waals surface area contributed by atoms with Crippen LogP contribution in [0.25, 0.3) is 0 Å². The van der Waals surface area contributed by atoms with E-state index in [0.717, 1.165) is 19.4 Å². The van der Waals surface area contributed by atoms with Crippen LogP contribution in [0.15, 0.2) is 0 Å². The SMILES string of the molecule is CC(CNC(C)C)CC(C)(C)CCNC(=O)C(=O)NC(C)C. The molecule has 3 N–H and O–H groups in total. The van der Waals surface area contributed by atoms with E-state index in [9.17, 15) is 9.59 Å². The Morgan fingerprint density at radius 3 is 2.05 bits per heavy atom. The van der Waals surface area contributed by atoms with Gasteiger partial charge < -0.3 is 16.0 Å². The minimum atomic E-state index is -0.553. The maximum atomic E-state index is 11.6. The minimum absolute atomic E-state index is 0.0241. The van der Waals surface area contributed by atoms with Crippen molar-refractivity contribution in [3.05, 3.63) is 0 Å². The van der Waals surface area contributed by atoms with Gasteiger partial charge in [0, 0.05) is 18.6 Å². The molecule has 0 aromatic heterocycles. The Labute approximate surface area is 136 Å². The fourth-order valence-corrected chi connectivity index (χ4v) is 2.48. The lowest BCUT2D eigenvalue weighted by molar-refractivity contribution is -0.139. The van der Waals surface area contributed by atoms with Gasteiger partial charge in [0.15, 0.2) is 0 Å². The minimum Gasteiger partial charge on any atom is -0.348 e. The van der Waals surface area contributed by atoms with Crippen molar-refractivity contribution >= 4 is 11.8 Å². The molecular formula is C17H35N3O2. The molecule has 0 bridgehead atoms. The molecule has 0 saturated carbocycles. The molecule has 0 fully saturated rings. The van der Waals surface area contributed by atoms with Gasteiger partial charge in [-0.2, -0.15) is 0 Å². The maximum absolute atomic E-state index is 11.6. The second-order valence-corrected chi connectivity index (χ2v) is 7.67. The monoisotopic (exact) mass is 313 g/mol. The van der Waals surface area contributed by atoms with Crippen LogP contribution in [0.3, 0.4) is 0 Å². The highest BCUT2D eigenvalue weighted by Gasteiger charge is 2.22. The first-order chi connectivity index (χ1) is 10.0. The third-order valence-corrected chi connectivity index (χ3v) is 3.49. The Bertz CT molecular complexity index is 352. The topological polar surface area (TPSA) is 70.2 Å². The first kappa shape index (κ1) is 20.9. The summed E-state index contributed by atoms with van der Waals surface area (Å²) in [5.74, 6) is -0.515. The number of carbonyl (C=O) groups excluding carboxylic acids is 2. The Balaban J connectivity index is 4.06. The molecule has 22 heavy (non-hydrogen) atoms. The molecule has 0 aliphatic carbocycles. The van der Waals surface area contributed by atoms with E-state index in [0.29, 0.717) is 18.5 Å². The van der Waals surface area contributed by atoms with E-state index in [2.05, 4.69) is 50.6 Å². The summed E-state index contributed by atoms with van der Waals surface area (Å²) in [6.07, 6.45) is 1.94. The maximum Gasteiger partial charge on any atom is 0.309 e. The van der Waals surface area contributed by atoms with Crippen LogP contribution in [-0.4, -0.2) is 37.0 Å². The summed E-state index contributed by atoms with van der Waals surface area (Å²) in [5.41, 5.74) is 0.139. The Hall–Kier alpha value is -1.10. The molecule has 2 amide bonds. The highest BCUT2D eigenvalue weighted by molar-refractivity contribution is 6.35. The summed E-state index contributed by atoms with van der Waals surface area (Å²) in [6, 6.07) is 0.480. The van der Waals surface area contributed by atoms with Crippen molar-refractivity contribution in [1.29, 1.82) is 0 Å². The fraction of sp³-hybridized carbons (Fsp3) is 0.882. The molecule has 0 aromatic rings. The number of nitrogens with one attached hydrogen (secondary N) is 3. The third kappa shape index (κ3) is 10.6. The van der Waals surface area contributed by atoms with Gasteiger partial charge in [-0.25, -0.2) is 0 Å². The van der Waals surface area contributed by atoms with Crippen molar-refractivity contribution in [3.8, 4) is 0 Å². The van der Waals surface area contributed by atoms with E-state index < -0.39 is 11.8 Å². The van der Waals surface area contributed by atoms with Gasteiger partial charge in [0.05, 0.1) is 0 Å². The van der Waals surface area contributed by atoms with E-state index in [-0.39, 0.29) is 11.5 Å². The summed E-state index contributed by atoms with van der Waals surface area (Å²) in [7, 11) is 0. The lowest BCUT2D eigenvalue weighted by Gasteiger charge is -2.28. The Morgan fingerprint density at radius 2 is 1.55 bits per heavy atom. The van der Waals surface area contributed by atoms with Crippen LogP contribution in [0.1, 0.15) is 61.3 Å². The van der Waals surface area contributed by atoms with Crippen LogP contribution >= 0.6 is 0 Å². The first-order valence-corrected chi connectivity index (χ1v) is 8.35. The molecule has 1 unspecified atom stereocenters. The summed E-state index contributed by atoms with van der Waals surface area (Å²) < 4.78 is 0. The number of hydrogen-bond acceptors (Lipinski definition) is 3. The van der Waals surface area contributed by atoms with E-state index in [4.69, 9.17) is 0 Å². The van der Waals surface area contributed by atoms with Crippen LogP contribution in [0.2, 0.25) is 0 Å². The summed E-state index contributed by atoms with van der Waals surface area (Å²) in [4.78, 5) is 23.1. The first-order valence-electron chi connectivity index (χ1n) is 8.35. The van der Waals surface area contributed by atoms with Crippen LogP contribution in [0.5, 0.6) is 0 Å². The smallest absolute Gasteiger partial charge is 0.309 e. The summed E-state index contributed by atoms with van der Waals surface area (Å²) in [5, 5.41) is 8.74. The number of amides is 2. The molecule has 0 aliphatic rings. The standard InChI is InChI=1S/C17H35N3O2/c1-12(2)19-11-14(5)10-17(6,7)8-9-18-15(21)16(22)20-13(3)4/h12-14,19H,8-11H2,1-7H3,(H,18,21)(H,20,22). The molecule has 0 spiro atoms. The number of hydrogen-bond donors (Lipinski definition) is 3. The molecule has 130 valence electrons. The van der Waals surface area contributed by atoms with Crippen molar-refractivity contribution in [2.75, 3.05) is 13.1 Å². The van der Waals surface area contributed by atoms with E-state index in [1.165, 1.54) is 0 Å². The quantitative estimate of drug-likeness (QED) is 0.571. The fourth-order valence-electron chi connectivity index (χ4n) is 2.48. The molecule has 0 rings (SSSR count). The Kier molecular flexibility index (Phi) is 9.33. The van der Waals surface area contributed by atoms with Gasteiger partial charge in [-0.05, 0) is 44.6 Å². The predicted octanol–water partition coefficient (Wildman–Crippen LogP) is 2.07. The zero-order valence-electron chi connectivity index (χ0n) is 15.4. The van der Waals surface area contributed by atoms with Crippen molar-refractivity contribution in [2.24, 2.45) is 11.3 Å². The molecular weight excluding hydrogens is 278 g/mol. The average Bonchev–Trinajstić information content (AvgIpc) is 2.34. The van der Waals surface area contributed by atoms with Gasteiger partial charge in [-0.1, -0.05) is 34.6 Å². The summed E-state index contributed by atoms with van der Waals surface area (Å²) in [6.45, 7) is 16.2. The summed E-state index contributed by atoms with van der Waals surface area (Å²) >= 11 is 0. The van der Waals surface area contributed by atoms with Crippen molar-refractivity contribution in [3.63, 3.8) is 0 Å². The molecule has 0 aliphatic heterocycles. The van der Waals surface area contributed by atoms with Crippen molar-refractivity contribution < 1.29 is 9.59 Å². The molecule has 0 saturated heterocycles. The zero-order chi connectivity index (χ0) is 17.3.